The highest BCUT2D eigenvalue weighted by atomic mass is 16.6. The summed E-state index contributed by atoms with van der Waals surface area (Å²) in [6, 6.07) is 29.1. The lowest BCUT2D eigenvalue weighted by atomic mass is 10.1. The highest BCUT2D eigenvalue weighted by Crippen LogP contribution is 2.13. The third-order valence-electron chi connectivity index (χ3n) is 10.8. The second-order valence-electron chi connectivity index (χ2n) is 17.1. The van der Waals surface area contributed by atoms with Gasteiger partial charge in [-0.2, -0.15) is 0 Å². The van der Waals surface area contributed by atoms with Gasteiger partial charge in [0, 0.05) is 38.3 Å². The number of carbonyl (C=O) groups excluding carboxylic acids is 7. The summed E-state index contributed by atoms with van der Waals surface area (Å²) in [7, 11) is 0. The molecule has 0 aliphatic heterocycles. The molecule has 16 heteroatoms. The van der Waals surface area contributed by atoms with Crippen molar-refractivity contribution in [2.75, 3.05) is 39.5 Å². The van der Waals surface area contributed by atoms with E-state index in [4.69, 9.17) is 28.4 Å². The molecule has 0 aliphatic rings. The lowest BCUT2D eigenvalue weighted by molar-refractivity contribution is -0.166. The summed E-state index contributed by atoms with van der Waals surface area (Å²) in [6.45, 7) is 6.44. The number of hydrogen-bond acceptors (Lipinski definition) is 14. The summed E-state index contributed by atoms with van der Waals surface area (Å²) in [4.78, 5) is 96.3. The molecule has 5 aromatic rings. The first kappa shape index (κ1) is 53.3. The number of amides is 1. The molecular weight excluding hydrogens is 899 g/mol. The van der Waals surface area contributed by atoms with Crippen molar-refractivity contribution in [1.29, 1.82) is 0 Å². The van der Waals surface area contributed by atoms with Gasteiger partial charge in [-0.15, -0.1) is 0 Å². The fourth-order valence-electron chi connectivity index (χ4n) is 6.83. The van der Waals surface area contributed by atoms with Crippen LogP contribution in [0.15, 0.2) is 116 Å². The van der Waals surface area contributed by atoms with Gasteiger partial charge in [0.05, 0.1) is 25.7 Å². The molecule has 70 heavy (non-hydrogen) atoms. The molecule has 0 atom stereocenters. The van der Waals surface area contributed by atoms with E-state index < -0.39 is 54.1 Å². The molecule has 4 aromatic carbocycles. The summed E-state index contributed by atoms with van der Waals surface area (Å²) in [5.74, 6) is -3.59. The van der Waals surface area contributed by atoms with Gasteiger partial charge in [-0.1, -0.05) is 119 Å². The van der Waals surface area contributed by atoms with Crippen LogP contribution < -0.4 is 0 Å². The zero-order chi connectivity index (χ0) is 50.3. The quantitative estimate of drug-likeness (QED) is 0.0409. The van der Waals surface area contributed by atoms with Crippen molar-refractivity contribution in [3.05, 3.63) is 160 Å². The Morgan fingerprint density at radius 3 is 1.03 bits per heavy atom. The van der Waals surface area contributed by atoms with E-state index in [1.54, 1.807) is 0 Å². The van der Waals surface area contributed by atoms with Gasteiger partial charge in [0.1, 0.15) is 32.8 Å². The second kappa shape index (κ2) is 28.0. The zero-order valence-electron chi connectivity index (χ0n) is 40.2. The zero-order valence-corrected chi connectivity index (χ0v) is 40.2. The molecule has 0 saturated heterocycles. The Kier molecular flexibility index (Phi) is 21.3. The Bertz CT molecular complexity index is 2190. The third kappa shape index (κ3) is 19.9. The molecule has 16 nitrogen and oxygen atoms in total. The minimum atomic E-state index is -1.11. The van der Waals surface area contributed by atoms with E-state index in [-0.39, 0.29) is 90.9 Å². The highest BCUT2D eigenvalue weighted by molar-refractivity contribution is 5.77. The normalized spacial score (nSPS) is 10.9. The van der Waals surface area contributed by atoms with Gasteiger partial charge >= 0.3 is 41.8 Å². The summed E-state index contributed by atoms with van der Waals surface area (Å²) in [5.41, 5.74) is 7.11. The van der Waals surface area contributed by atoms with Gasteiger partial charge in [0.2, 0.25) is 0 Å². The van der Waals surface area contributed by atoms with E-state index in [9.17, 15) is 33.6 Å². The van der Waals surface area contributed by atoms with Gasteiger partial charge < -0.3 is 33.3 Å². The molecular formula is C54H61N3O13. The van der Waals surface area contributed by atoms with Crippen LogP contribution in [0.1, 0.15) is 70.2 Å². The van der Waals surface area contributed by atoms with Crippen LogP contribution in [0.2, 0.25) is 0 Å². The second-order valence-corrected chi connectivity index (χ2v) is 17.1. The van der Waals surface area contributed by atoms with Crippen LogP contribution >= 0.6 is 0 Å². The van der Waals surface area contributed by atoms with Crippen molar-refractivity contribution < 1.29 is 62.0 Å². The number of hydrogen-bond donors (Lipinski definition) is 0. The van der Waals surface area contributed by atoms with Crippen molar-refractivity contribution in [1.82, 2.24) is 14.5 Å². The molecule has 0 radical (unpaired) electrons. The van der Waals surface area contributed by atoms with Gasteiger partial charge in [-0.3, -0.25) is 33.3 Å². The molecule has 0 spiro atoms. The van der Waals surface area contributed by atoms with Gasteiger partial charge in [-0.05, 0) is 62.8 Å². The Morgan fingerprint density at radius 2 is 0.757 bits per heavy atom. The first-order valence-electron chi connectivity index (χ1n) is 23.2. The first-order chi connectivity index (χ1) is 33.7. The number of carbonyl (C=O) groups is 7. The number of benzene rings is 4. The predicted octanol–water partition coefficient (Wildman–Crippen LogP) is 6.91. The first-order valence-corrected chi connectivity index (χ1v) is 23.2. The standard InChI is InChI=1S/C54H61N3O13/c1-38-9-17-42(18-10-38)29-50(60)65-33-46(34-66-51(61)30-43-19-11-39(2)12-20-43)69-48(58)7-5-26-56(54(64)57-28-25-55-37-57)27-6-8-49(59)70-47(35-67-52(62)31-44-21-13-40(3)14-22-44)36-68-53(63)32-45-23-15-41(4)16-24-45/h9-25,28,37,46-47H,5-8,26-27,29-36H2,1-4H3. The van der Waals surface area contributed by atoms with Crippen LogP contribution in [0.5, 0.6) is 0 Å². The van der Waals surface area contributed by atoms with Crippen molar-refractivity contribution in [2.45, 2.75) is 91.3 Å². The predicted molar refractivity (Wildman–Crippen MR) is 256 cm³/mol. The largest absolute Gasteiger partial charge is 0.461 e. The van der Waals surface area contributed by atoms with Gasteiger partial charge in [-0.25, -0.2) is 9.78 Å². The van der Waals surface area contributed by atoms with E-state index >= 15 is 0 Å². The molecule has 370 valence electrons. The molecule has 0 fully saturated rings. The Morgan fingerprint density at radius 1 is 0.457 bits per heavy atom. The topological polar surface area (TPSA) is 196 Å². The summed E-state index contributed by atoms with van der Waals surface area (Å²) in [6.07, 6.45) is 1.93. The van der Waals surface area contributed by atoms with Crippen molar-refractivity contribution in [3.63, 3.8) is 0 Å². The molecule has 1 amide bonds. The summed E-state index contributed by atoms with van der Waals surface area (Å²) >= 11 is 0. The fourth-order valence-corrected chi connectivity index (χ4v) is 6.83. The average molecular weight is 960 g/mol. The van der Waals surface area contributed by atoms with Gasteiger partial charge in [0.25, 0.3) is 0 Å². The van der Waals surface area contributed by atoms with Crippen molar-refractivity contribution in [2.24, 2.45) is 0 Å². The van der Waals surface area contributed by atoms with E-state index in [1.165, 1.54) is 28.2 Å². The number of ether oxygens (including phenoxy) is 6. The molecule has 0 unspecified atom stereocenters. The molecule has 1 heterocycles. The molecule has 0 aliphatic carbocycles. The van der Waals surface area contributed by atoms with Gasteiger partial charge in [0.15, 0.2) is 12.2 Å². The maximum absolute atomic E-state index is 13.5. The van der Waals surface area contributed by atoms with Crippen LogP contribution in [0.3, 0.4) is 0 Å². The summed E-state index contributed by atoms with van der Waals surface area (Å²) in [5, 5.41) is 0. The monoisotopic (exact) mass is 959 g/mol. The van der Waals surface area contributed by atoms with Crippen molar-refractivity contribution >= 4 is 41.8 Å². The molecule has 0 N–H and O–H groups in total. The third-order valence-corrected chi connectivity index (χ3v) is 10.8. The van der Waals surface area contributed by atoms with E-state index in [0.717, 1.165) is 44.5 Å². The Balaban J connectivity index is 1.14. The lowest BCUT2D eigenvalue weighted by Gasteiger charge is -2.23. The Hall–Kier alpha value is -7.62. The van der Waals surface area contributed by atoms with Crippen LogP contribution in [0.4, 0.5) is 4.79 Å². The number of imidazole rings is 1. The van der Waals surface area contributed by atoms with Crippen LogP contribution in [-0.2, 0) is 82.9 Å². The van der Waals surface area contributed by atoms with E-state index in [0.29, 0.717) is 0 Å². The number of esters is 6. The van der Waals surface area contributed by atoms with Crippen LogP contribution in [0.25, 0.3) is 0 Å². The SMILES string of the molecule is Cc1ccc(CC(=O)OCC(COC(=O)Cc2ccc(C)cc2)OC(=O)CCCN(CCCC(=O)OC(COC(=O)Cc2ccc(C)cc2)COC(=O)Cc2ccc(C)cc2)C(=O)n2ccnc2)cc1. The molecule has 1 aromatic heterocycles. The number of rotatable bonds is 26. The fraction of sp³-hybridized carbons (Fsp3) is 0.370. The van der Waals surface area contributed by atoms with Crippen LogP contribution in [-0.4, -0.2) is 108 Å². The maximum Gasteiger partial charge on any atom is 0.329 e. The number of nitrogens with zero attached hydrogens (tertiary/aromatic N) is 3. The Labute approximate surface area is 408 Å². The molecule has 5 rings (SSSR count). The van der Waals surface area contributed by atoms with E-state index in [1.807, 2.05) is 125 Å². The van der Waals surface area contributed by atoms with Crippen LogP contribution in [0, 0.1) is 27.7 Å². The molecule has 0 saturated carbocycles. The van der Waals surface area contributed by atoms with E-state index in [2.05, 4.69) is 4.98 Å². The molecule has 0 bridgehead atoms. The summed E-state index contributed by atoms with van der Waals surface area (Å²) < 4.78 is 34.4. The highest BCUT2D eigenvalue weighted by Gasteiger charge is 2.24. The number of aryl methyl sites for hydroxylation is 4. The minimum Gasteiger partial charge on any atom is -0.461 e. The minimum absolute atomic E-state index is 0.0119. The lowest BCUT2D eigenvalue weighted by Crippen LogP contribution is -2.37. The average Bonchev–Trinajstić information content (AvgIpc) is 3.89. The van der Waals surface area contributed by atoms with Crippen molar-refractivity contribution in [3.8, 4) is 0 Å². The number of aromatic nitrogens is 2. The maximum atomic E-state index is 13.5. The smallest absolute Gasteiger partial charge is 0.329 e.